The molecule has 1 saturated heterocycles. The molecule has 1 amide bonds. The number of H-pyrrole nitrogens is 1. The van der Waals surface area contributed by atoms with Crippen molar-refractivity contribution in [3.8, 4) is 5.88 Å². The van der Waals surface area contributed by atoms with Gasteiger partial charge in [0.25, 0.3) is 0 Å². The van der Waals surface area contributed by atoms with Crippen molar-refractivity contribution in [3.05, 3.63) is 40.7 Å². The summed E-state index contributed by atoms with van der Waals surface area (Å²) in [5.41, 5.74) is 1.99. The van der Waals surface area contributed by atoms with Crippen molar-refractivity contribution in [2.75, 3.05) is 31.1 Å². The van der Waals surface area contributed by atoms with Gasteiger partial charge in [-0.2, -0.15) is 0 Å². The minimum atomic E-state index is -0.786. The van der Waals surface area contributed by atoms with Gasteiger partial charge in [-0.1, -0.05) is 18.0 Å². The Morgan fingerprint density at radius 3 is 2.60 bits per heavy atom. The molecule has 0 bridgehead atoms. The molecule has 1 aliphatic rings. The Kier molecular flexibility index (Phi) is 9.14. The lowest BCUT2D eigenvalue weighted by atomic mass is 10.1. The van der Waals surface area contributed by atoms with E-state index in [-0.39, 0.29) is 18.4 Å². The van der Waals surface area contributed by atoms with Gasteiger partial charge in [-0.3, -0.25) is 9.79 Å². The summed E-state index contributed by atoms with van der Waals surface area (Å²) in [6.07, 6.45) is 5.82. The second kappa shape index (κ2) is 12.5. The number of carbonyl (C=O) groups excluding carboxylic acids is 1. The highest BCUT2D eigenvalue weighted by Gasteiger charge is 2.28. The number of ether oxygens (including phenoxy) is 1. The number of aryl methyl sites for hydroxylation is 1. The maximum atomic E-state index is 12.5. The van der Waals surface area contributed by atoms with Crippen molar-refractivity contribution in [2.24, 2.45) is 4.99 Å². The summed E-state index contributed by atoms with van der Waals surface area (Å²) in [7, 11) is 0. The van der Waals surface area contributed by atoms with Crippen LogP contribution in [0.4, 0.5) is 16.3 Å². The van der Waals surface area contributed by atoms with Crippen LogP contribution in [0.15, 0.2) is 29.5 Å². The number of nitrogens with one attached hydrogen (secondary N) is 1. The van der Waals surface area contributed by atoms with Crippen LogP contribution >= 0.6 is 11.6 Å². The Balaban J connectivity index is 1.50. The molecule has 1 aromatic carbocycles. The number of aromatic nitrogens is 3. The number of fused-ring (bicyclic) bond motifs is 1. The van der Waals surface area contributed by atoms with E-state index in [0.717, 1.165) is 18.4 Å². The summed E-state index contributed by atoms with van der Waals surface area (Å²) in [6.45, 7) is 7.57. The van der Waals surface area contributed by atoms with Gasteiger partial charge in [0, 0.05) is 43.8 Å². The lowest BCUT2D eigenvalue weighted by molar-refractivity contribution is -0.137. The zero-order chi connectivity index (χ0) is 28.9. The molecule has 214 valence electrons. The normalized spacial score (nSPS) is 14.3. The van der Waals surface area contributed by atoms with E-state index in [9.17, 15) is 14.7 Å². The van der Waals surface area contributed by atoms with Gasteiger partial charge >= 0.3 is 12.1 Å². The molecule has 3 heterocycles. The smallest absolute Gasteiger partial charge is 0.410 e. The topological polar surface area (TPSA) is 144 Å². The highest BCUT2D eigenvalue weighted by atomic mass is 35.5. The van der Waals surface area contributed by atoms with E-state index in [2.05, 4.69) is 24.8 Å². The number of amides is 1. The zero-order valence-corrected chi connectivity index (χ0v) is 23.7. The van der Waals surface area contributed by atoms with E-state index in [0.29, 0.717) is 72.1 Å². The standard InChI is InChI=1S/C28H35ClN6O5/c1-28(2,3)40-27(39)35-13-11-34(12-14-35)25-23-20(26(38)33-24(23)31-17-32-25)16-30-19-9-10-21(29)18(15-19)7-5-4-6-8-22(36)37/h9-10,15-17,38H,4-8,11-14H2,1-3H3,(H,36,37)(H,31,32,33). The fourth-order valence-corrected chi connectivity index (χ4v) is 4.76. The summed E-state index contributed by atoms with van der Waals surface area (Å²) in [5.74, 6) is -0.211. The Bertz CT molecular complexity index is 1390. The third kappa shape index (κ3) is 7.41. The highest BCUT2D eigenvalue weighted by molar-refractivity contribution is 6.31. The predicted molar refractivity (Wildman–Crippen MR) is 154 cm³/mol. The van der Waals surface area contributed by atoms with E-state index >= 15 is 0 Å². The lowest BCUT2D eigenvalue weighted by Crippen LogP contribution is -2.50. The number of hydrogen-bond acceptors (Lipinski definition) is 8. The van der Waals surface area contributed by atoms with Crippen molar-refractivity contribution in [1.29, 1.82) is 0 Å². The predicted octanol–water partition coefficient (Wildman–Crippen LogP) is 5.31. The van der Waals surface area contributed by atoms with Crippen molar-refractivity contribution < 1.29 is 24.5 Å². The van der Waals surface area contributed by atoms with Gasteiger partial charge in [-0.15, -0.1) is 0 Å². The van der Waals surface area contributed by atoms with Crippen molar-refractivity contribution in [2.45, 2.75) is 58.5 Å². The first kappa shape index (κ1) is 29.1. The molecule has 1 fully saturated rings. The molecule has 2 aromatic heterocycles. The van der Waals surface area contributed by atoms with Gasteiger partial charge in [0.2, 0.25) is 0 Å². The molecule has 0 spiro atoms. The number of halogens is 1. The van der Waals surface area contributed by atoms with Crippen LogP contribution in [0.25, 0.3) is 11.0 Å². The number of benzene rings is 1. The Morgan fingerprint density at radius 2 is 1.90 bits per heavy atom. The minimum Gasteiger partial charge on any atom is -0.494 e. The monoisotopic (exact) mass is 570 g/mol. The van der Waals surface area contributed by atoms with E-state index < -0.39 is 11.6 Å². The van der Waals surface area contributed by atoms with Gasteiger partial charge < -0.3 is 29.7 Å². The largest absolute Gasteiger partial charge is 0.494 e. The van der Waals surface area contributed by atoms with Crippen LogP contribution in [-0.4, -0.2) is 80.1 Å². The minimum absolute atomic E-state index is 0.0690. The number of aromatic amines is 1. The maximum absolute atomic E-state index is 12.5. The number of aliphatic imine (C=N–C) groups is 1. The number of piperazine rings is 1. The Labute approximate surface area is 237 Å². The number of hydrogen-bond donors (Lipinski definition) is 3. The number of anilines is 1. The van der Waals surface area contributed by atoms with Crippen LogP contribution in [-0.2, 0) is 16.0 Å². The van der Waals surface area contributed by atoms with Gasteiger partial charge in [-0.05, 0) is 63.8 Å². The average Bonchev–Trinajstić information content (AvgIpc) is 3.22. The van der Waals surface area contributed by atoms with Gasteiger partial charge in [-0.25, -0.2) is 14.8 Å². The van der Waals surface area contributed by atoms with Crippen molar-refractivity contribution in [1.82, 2.24) is 19.9 Å². The Morgan fingerprint density at radius 1 is 1.15 bits per heavy atom. The van der Waals surface area contributed by atoms with Gasteiger partial charge in [0.1, 0.15) is 23.4 Å². The molecule has 0 saturated carbocycles. The molecule has 11 nitrogen and oxygen atoms in total. The van der Waals surface area contributed by atoms with Crippen LogP contribution in [0.3, 0.4) is 0 Å². The van der Waals surface area contributed by atoms with Crippen LogP contribution < -0.4 is 4.90 Å². The number of rotatable bonds is 9. The molecule has 12 heteroatoms. The van der Waals surface area contributed by atoms with E-state index in [1.807, 2.05) is 26.8 Å². The quantitative estimate of drug-likeness (QED) is 0.232. The summed E-state index contributed by atoms with van der Waals surface area (Å²) in [6, 6.07) is 5.48. The fourth-order valence-electron chi connectivity index (χ4n) is 4.55. The molecule has 4 rings (SSSR count). The highest BCUT2D eigenvalue weighted by Crippen LogP contribution is 2.33. The lowest BCUT2D eigenvalue weighted by Gasteiger charge is -2.36. The van der Waals surface area contributed by atoms with E-state index in [4.69, 9.17) is 21.4 Å². The van der Waals surface area contributed by atoms with Crippen LogP contribution in [0, 0.1) is 0 Å². The summed E-state index contributed by atoms with van der Waals surface area (Å²) < 4.78 is 5.50. The Hall–Kier alpha value is -3.86. The molecule has 0 atom stereocenters. The summed E-state index contributed by atoms with van der Waals surface area (Å²) in [5, 5.41) is 20.8. The molecule has 3 N–H and O–H groups in total. The van der Waals surface area contributed by atoms with Crippen LogP contribution in [0.5, 0.6) is 5.88 Å². The third-order valence-electron chi connectivity index (χ3n) is 6.53. The first-order valence-corrected chi connectivity index (χ1v) is 13.7. The maximum Gasteiger partial charge on any atom is 0.410 e. The first-order valence-electron chi connectivity index (χ1n) is 13.3. The van der Waals surface area contributed by atoms with Gasteiger partial charge in [0.15, 0.2) is 5.88 Å². The molecule has 0 radical (unpaired) electrons. The third-order valence-corrected chi connectivity index (χ3v) is 6.90. The van der Waals surface area contributed by atoms with E-state index in [1.165, 1.54) is 6.33 Å². The van der Waals surface area contributed by atoms with Crippen LogP contribution in [0.1, 0.15) is 57.6 Å². The number of aliphatic carboxylic acids is 1. The average molecular weight is 571 g/mol. The second-order valence-corrected chi connectivity index (χ2v) is 11.2. The number of nitrogens with zero attached hydrogens (tertiary/aromatic N) is 5. The zero-order valence-electron chi connectivity index (χ0n) is 23.0. The van der Waals surface area contributed by atoms with Crippen molar-refractivity contribution >= 4 is 52.4 Å². The summed E-state index contributed by atoms with van der Waals surface area (Å²) >= 11 is 6.39. The molecular formula is C28H35ClN6O5. The first-order chi connectivity index (χ1) is 19.0. The molecule has 1 aliphatic heterocycles. The number of aromatic hydroxyl groups is 1. The molecule has 0 unspecified atom stereocenters. The second-order valence-electron chi connectivity index (χ2n) is 10.8. The number of carbonyl (C=O) groups is 2. The molecule has 0 aliphatic carbocycles. The van der Waals surface area contributed by atoms with Crippen LogP contribution in [0.2, 0.25) is 5.02 Å². The van der Waals surface area contributed by atoms with E-state index in [1.54, 1.807) is 23.2 Å². The number of unbranched alkanes of at least 4 members (excludes halogenated alkanes) is 2. The molecule has 40 heavy (non-hydrogen) atoms. The summed E-state index contributed by atoms with van der Waals surface area (Å²) in [4.78, 5) is 43.2. The SMILES string of the molecule is CC(C)(C)OC(=O)N1CCN(c2ncnc3[nH]c(O)c(C=Nc4ccc(Cl)c(CCCCCC(=O)O)c4)c23)CC1. The number of carboxylic acids is 1. The fraction of sp³-hybridized carbons (Fsp3) is 0.464. The van der Waals surface area contributed by atoms with Gasteiger partial charge in [0.05, 0.1) is 16.6 Å². The van der Waals surface area contributed by atoms with Crippen molar-refractivity contribution in [3.63, 3.8) is 0 Å². The molecular weight excluding hydrogens is 536 g/mol. The molecule has 3 aromatic rings. The number of carboxylic acid groups (broad SMARTS) is 1.